The van der Waals surface area contributed by atoms with E-state index in [1.807, 2.05) is 12.1 Å². The van der Waals surface area contributed by atoms with Crippen molar-refractivity contribution in [1.29, 1.82) is 0 Å². The Balaban J connectivity index is 1.95. The fourth-order valence-corrected chi connectivity index (χ4v) is 2.37. The lowest BCUT2D eigenvalue weighted by molar-refractivity contribution is 0.208. The van der Waals surface area contributed by atoms with Gasteiger partial charge in [0, 0.05) is 5.02 Å². The van der Waals surface area contributed by atoms with Gasteiger partial charge >= 0.3 is 6.09 Å². The van der Waals surface area contributed by atoms with Gasteiger partial charge < -0.3 is 4.74 Å². The predicted molar refractivity (Wildman–Crippen MR) is 92.5 cm³/mol. The van der Waals surface area contributed by atoms with E-state index in [-0.39, 0.29) is 10.8 Å². The second-order valence-corrected chi connectivity index (χ2v) is 5.39. The number of halogens is 2. The van der Waals surface area contributed by atoms with Gasteiger partial charge in [0.2, 0.25) is 0 Å². The van der Waals surface area contributed by atoms with Crippen LogP contribution in [0.3, 0.4) is 0 Å². The molecule has 0 heterocycles. The summed E-state index contributed by atoms with van der Waals surface area (Å²) in [7, 11) is 0. The molecule has 0 saturated carbocycles. The topological polar surface area (TPSA) is 29.5 Å². The monoisotopic (exact) mass is 341 g/mol. The molecule has 0 spiro atoms. The number of ether oxygens (including phenoxy) is 1. The highest BCUT2D eigenvalue weighted by Crippen LogP contribution is 2.28. The van der Waals surface area contributed by atoms with Gasteiger partial charge in [-0.1, -0.05) is 48.0 Å². The first-order chi connectivity index (χ1) is 11.6. The van der Waals surface area contributed by atoms with Crippen LogP contribution in [-0.4, -0.2) is 6.09 Å². The van der Waals surface area contributed by atoms with Crippen molar-refractivity contribution in [2.45, 2.75) is 0 Å². The molecule has 120 valence electrons. The minimum atomic E-state index is -0.714. The van der Waals surface area contributed by atoms with Crippen LogP contribution >= 0.6 is 11.6 Å². The van der Waals surface area contributed by atoms with Crippen LogP contribution in [0.4, 0.5) is 20.6 Å². The SMILES string of the molecule is O=C(Oc1ccc(Cl)cc1F)N(c1ccccc1)c1ccccc1. The second-order valence-electron chi connectivity index (χ2n) is 4.95. The molecular formula is C19H13ClFNO2. The molecule has 3 aromatic rings. The van der Waals surface area contributed by atoms with Crippen LogP contribution in [-0.2, 0) is 0 Å². The van der Waals surface area contributed by atoms with Gasteiger partial charge in [-0.3, -0.25) is 0 Å². The minimum Gasteiger partial charge on any atom is -0.407 e. The molecule has 0 atom stereocenters. The van der Waals surface area contributed by atoms with E-state index in [2.05, 4.69) is 0 Å². The molecule has 0 N–H and O–H groups in total. The summed E-state index contributed by atoms with van der Waals surface area (Å²) in [6.07, 6.45) is -0.714. The normalized spacial score (nSPS) is 10.2. The Hall–Kier alpha value is -2.85. The first-order valence-corrected chi connectivity index (χ1v) is 7.60. The van der Waals surface area contributed by atoms with Gasteiger partial charge in [0.1, 0.15) is 0 Å². The van der Waals surface area contributed by atoms with Gasteiger partial charge in [-0.15, -0.1) is 0 Å². The quantitative estimate of drug-likeness (QED) is 0.601. The number of benzene rings is 3. The first kappa shape index (κ1) is 16.0. The molecule has 5 heteroatoms. The third-order valence-corrected chi connectivity index (χ3v) is 3.54. The van der Waals surface area contributed by atoms with Gasteiger partial charge in [-0.2, -0.15) is 0 Å². The van der Waals surface area contributed by atoms with E-state index in [1.165, 1.54) is 17.0 Å². The second kappa shape index (κ2) is 7.15. The van der Waals surface area contributed by atoms with Gasteiger partial charge in [-0.25, -0.2) is 14.1 Å². The number of para-hydroxylation sites is 2. The average molecular weight is 342 g/mol. The smallest absolute Gasteiger partial charge is 0.407 e. The number of carbonyl (C=O) groups is 1. The van der Waals surface area contributed by atoms with Crippen molar-refractivity contribution in [3.63, 3.8) is 0 Å². The van der Waals surface area contributed by atoms with Gasteiger partial charge in [0.05, 0.1) is 11.4 Å². The third-order valence-electron chi connectivity index (χ3n) is 3.30. The fourth-order valence-electron chi connectivity index (χ4n) is 2.21. The minimum absolute atomic E-state index is 0.179. The molecule has 0 radical (unpaired) electrons. The highest BCUT2D eigenvalue weighted by molar-refractivity contribution is 6.30. The Bertz CT molecular complexity index is 801. The van der Waals surface area contributed by atoms with Crippen molar-refractivity contribution in [2.75, 3.05) is 4.90 Å². The third kappa shape index (κ3) is 3.55. The summed E-state index contributed by atoms with van der Waals surface area (Å²) in [5.41, 5.74) is 1.23. The van der Waals surface area contributed by atoms with Gasteiger partial charge in [0.25, 0.3) is 0 Å². The Morgan fingerprint density at radius 1 is 0.875 bits per heavy atom. The molecule has 3 rings (SSSR count). The molecule has 24 heavy (non-hydrogen) atoms. The summed E-state index contributed by atoms with van der Waals surface area (Å²) in [4.78, 5) is 14.0. The lowest BCUT2D eigenvalue weighted by Crippen LogP contribution is -2.29. The van der Waals surface area contributed by atoms with Crippen molar-refractivity contribution in [2.24, 2.45) is 0 Å². The van der Waals surface area contributed by atoms with E-state index in [1.54, 1.807) is 48.5 Å². The standard InChI is InChI=1S/C19H13ClFNO2/c20-14-11-12-18(17(21)13-14)24-19(23)22(15-7-3-1-4-8-15)16-9-5-2-6-10-16/h1-13H. The zero-order chi connectivity index (χ0) is 16.9. The molecule has 0 unspecified atom stereocenters. The summed E-state index contributed by atoms with van der Waals surface area (Å²) in [6, 6.07) is 21.9. The summed E-state index contributed by atoms with van der Waals surface area (Å²) in [5, 5.41) is 0.232. The highest BCUT2D eigenvalue weighted by atomic mass is 35.5. The molecule has 0 aromatic heterocycles. The molecular weight excluding hydrogens is 329 g/mol. The summed E-state index contributed by atoms with van der Waals surface area (Å²) in [5.74, 6) is -0.877. The van der Waals surface area contributed by atoms with E-state index in [0.29, 0.717) is 11.4 Å². The van der Waals surface area contributed by atoms with Crippen molar-refractivity contribution in [3.8, 4) is 5.75 Å². The Morgan fingerprint density at radius 2 is 1.42 bits per heavy atom. The zero-order valence-electron chi connectivity index (χ0n) is 12.5. The van der Waals surface area contributed by atoms with Crippen LogP contribution in [0.2, 0.25) is 5.02 Å². The zero-order valence-corrected chi connectivity index (χ0v) is 13.3. The Labute approximate surface area is 143 Å². The maximum absolute atomic E-state index is 13.9. The van der Waals surface area contributed by atoms with Crippen LogP contribution in [0.15, 0.2) is 78.9 Å². The predicted octanol–water partition coefficient (Wildman–Crippen LogP) is 5.82. The molecule has 1 amide bonds. The summed E-state index contributed by atoms with van der Waals surface area (Å²) >= 11 is 5.72. The number of nitrogens with zero attached hydrogens (tertiary/aromatic N) is 1. The lowest BCUT2D eigenvalue weighted by Gasteiger charge is -2.22. The highest BCUT2D eigenvalue weighted by Gasteiger charge is 2.21. The van der Waals surface area contributed by atoms with Crippen LogP contribution < -0.4 is 9.64 Å². The Morgan fingerprint density at radius 3 is 1.92 bits per heavy atom. The van der Waals surface area contributed by atoms with E-state index in [9.17, 15) is 9.18 Å². The van der Waals surface area contributed by atoms with E-state index < -0.39 is 11.9 Å². The van der Waals surface area contributed by atoms with Gasteiger partial charge in [-0.05, 0) is 42.5 Å². The number of hydrogen-bond acceptors (Lipinski definition) is 2. The van der Waals surface area contributed by atoms with E-state index >= 15 is 0 Å². The van der Waals surface area contributed by atoms with Crippen LogP contribution in [0, 0.1) is 5.82 Å². The molecule has 3 nitrogen and oxygen atoms in total. The van der Waals surface area contributed by atoms with Crippen molar-refractivity contribution in [3.05, 3.63) is 89.7 Å². The van der Waals surface area contributed by atoms with Crippen molar-refractivity contribution >= 4 is 29.1 Å². The molecule has 0 bridgehead atoms. The number of rotatable bonds is 3. The largest absolute Gasteiger partial charge is 0.424 e. The average Bonchev–Trinajstić information content (AvgIpc) is 2.60. The molecule has 0 saturated heterocycles. The molecule has 0 fully saturated rings. The van der Waals surface area contributed by atoms with Crippen LogP contribution in [0.5, 0.6) is 5.75 Å². The van der Waals surface area contributed by atoms with E-state index in [0.717, 1.165) is 6.07 Å². The maximum Gasteiger partial charge on any atom is 0.424 e. The first-order valence-electron chi connectivity index (χ1n) is 7.22. The maximum atomic E-state index is 13.9. The van der Waals surface area contributed by atoms with Crippen molar-refractivity contribution in [1.82, 2.24) is 0 Å². The molecule has 0 aliphatic rings. The molecule has 0 aliphatic carbocycles. The summed E-state index contributed by atoms with van der Waals surface area (Å²) in [6.45, 7) is 0. The number of carbonyl (C=O) groups excluding carboxylic acids is 1. The molecule has 3 aromatic carbocycles. The van der Waals surface area contributed by atoms with Gasteiger partial charge in [0.15, 0.2) is 11.6 Å². The number of hydrogen-bond donors (Lipinski definition) is 0. The lowest BCUT2D eigenvalue weighted by atomic mass is 10.2. The van der Waals surface area contributed by atoms with Crippen LogP contribution in [0.25, 0.3) is 0 Å². The number of amides is 1. The summed E-state index contributed by atoms with van der Waals surface area (Å²) < 4.78 is 19.1. The number of anilines is 2. The Kier molecular flexibility index (Phi) is 4.77. The van der Waals surface area contributed by atoms with Crippen molar-refractivity contribution < 1.29 is 13.9 Å². The molecule has 0 aliphatic heterocycles. The van der Waals surface area contributed by atoms with Crippen LogP contribution in [0.1, 0.15) is 0 Å². The fraction of sp³-hybridized carbons (Fsp3) is 0. The van der Waals surface area contributed by atoms with E-state index in [4.69, 9.17) is 16.3 Å².